The summed E-state index contributed by atoms with van der Waals surface area (Å²) < 4.78 is 1.16. The summed E-state index contributed by atoms with van der Waals surface area (Å²) in [4.78, 5) is 14.0. The van der Waals surface area contributed by atoms with Crippen LogP contribution in [0.15, 0.2) is 28.7 Å². The minimum absolute atomic E-state index is 0.464. The molecule has 0 bridgehead atoms. The minimum Gasteiger partial charge on any atom is -0.300 e. The van der Waals surface area contributed by atoms with Crippen LogP contribution in [0.2, 0.25) is 0 Å². The fourth-order valence-corrected chi connectivity index (χ4v) is 3.89. The summed E-state index contributed by atoms with van der Waals surface area (Å²) in [5.74, 6) is 1.18. The van der Waals surface area contributed by atoms with Crippen LogP contribution >= 0.6 is 15.9 Å². The number of piperidine rings is 1. The van der Waals surface area contributed by atoms with E-state index in [0.29, 0.717) is 17.7 Å². The summed E-state index contributed by atoms with van der Waals surface area (Å²) >= 11 is 3.50. The molecule has 0 aromatic heterocycles. The van der Waals surface area contributed by atoms with Gasteiger partial charge in [-0.05, 0) is 62.4 Å². The Morgan fingerprint density at radius 1 is 0.950 bits per heavy atom. The minimum atomic E-state index is 0.464. The first-order chi connectivity index (χ1) is 9.72. The lowest BCUT2D eigenvalue weighted by atomic mass is 9.86. The zero-order valence-electron chi connectivity index (χ0n) is 11.9. The van der Waals surface area contributed by atoms with Crippen molar-refractivity contribution in [2.75, 3.05) is 13.1 Å². The Labute approximate surface area is 129 Å². The van der Waals surface area contributed by atoms with Crippen LogP contribution in [0.1, 0.15) is 50.0 Å². The fraction of sp³-hybridized carbons (Fsp3) is 0.588. The number of halogens is 1. The molecule has 0 radical (unpaired) electrons. The van der Waals surface area contributed by atoms with E-state index in [9.17, 15) is 4.79 Å². The Bertz CT molecular complexity index is 452. The Hall–Kier alpha value is -0.670. The lowest BCUT2D eigenvalue weighted by Gasteiger charge is -2.39. The average Bonchev–Trinajstić information content (AvgIpc) is 2.49. The third kappa shape index (κ3) is 3.32. The van der Waals surface area contributed by atoms with Crippen molar-refractivity contribution < 1.29 is 4.79 Å². The smallest absolute Gasteiger partial charge is 0.133 e. The molecule has 0 atom stereocenters. The van der Waals surface area contributed by atoms with E-state index in [4.69, 9.17) is 0 Å². The lowest BCUT2D eigenvalue weighted by molar-refractivity contribution is -0.121. The first kappa shape index (κ1) is 14.3. The number of rotatable bonds is 2. The van der Waals surface area contributed by atoms with Gasteiger partial charge in [-0.25, -0.2) is 0 Å². The molecule has 20 heavy (non-hydrogen) atoms. The summed E-state index contributed by atoms with van der Waals surface area (Å²) in [6, 6.07) is 9.47. The molecular weight excluding hydrogens is 314 g/mol. The van der Waals surface area contributed by atoms with E-state index in [1.54, 1.807) is 0 Å². The van der Waals surface area contributed by atoms with Crippen molar-refractivity contribution in [3.05, 3.63) is 34.3 Å². The maximum absolute atomic E-state index is 11.3. The highest BCUT2D eigenvalue weighted by Gasteiger charge is 2.28. The summed E-state index contributed by atoms with van der Waals surface area (Å²) in [5, 5.41) is 0. The van der Waals surface area contributed by atoms with Gasteiger partial charge in [-0.1, -0.05) is 28.1 Å². The second kappa shape index (κ2) is 6.40. The number of nitrogens with zero attached hydrogens (tertiary/aromatic N) is 1. The molecule has 2 aliphatic rings. The maximum Gasteiger partial charge on any atom is 0.133 e. The summed E-state index contributed by atoms with van der Waals surface area (Å²) in [5.41, 5.74) is 1.48. The quantitative estimate of drug-likeness (QED) is 0.809. The second-order valence-electron chi connectivity index (χ2n) is 6.13. The first-order valence-electron chi connectivity index (χ1n) is 7.73. The van der Waals surface area contributed by atoms with Crippen LogP contribution in [0.25, 0.3) is 0 Å². The monoisotopic (exact) mass is 335 g/mol. The highest BCUT2D eigenvalue weighted by Crippen LogP contribution is 2.31. The Morgan fingerprint density at radius 2 is 1.55 bits per heavy atom. The van der Waals surface area contributed by atoms with Gasteiger partial charge in [0.25, 0.3) is 0 Å². The van der Waals surface area contributed by atoms with Crippen LogP contribution in [0.4, 0.5) is 0 Å². The Balaban J connectivity index is 1.54. The molecule has 1 saturated heterocycles. The van der Waals surface area contributed by atoms with E-state index in [1.165, 1.54) is 31.5 Å². The molecule has 1 aliphatic carbocycles. The second-order valence-corrected chi connectivity index (χ2v) is 7.05. The van der Waals surface area contributed by atoms with Gasteiger partial charge in [-0.2, -0.15) is 0 Å². The third-order valence-corrected chi connectivity index (χ3v) is 5.43. The zero-order valence-corrected chi connectivity index (χ0v) is 13.4. The molecule has 108 valence electrons. The van der Waals surface area contributed by atoms with Crippen molar-refractivity contribution in [1.82, 2.24) is 4.90 Å². The average molecular weight is 336 g/mol. The first-order valence-corrected chi connectivity index (χ1v) is 8.53. The topological polar surface area (TPSA) is 20.3 Å². The van der Waals surface area contributed by atoms with Gasteiger partial charge in [0.1, 0.15) is 5.78 Å². The van der Waals surface area contributed by atoms with Crippen LogP contribution in [-0.2, 0) is 4.79 Å². The predicted octanol–water partition coefficient (Wildman–Crippen LogP) is 4.14. The number of hydrogen-bond acceptors (Lipinski definition) is 2. The fourth-order valence-electron chi connectivity index (χ4n) is 3.62. The van der Waals surface area contributed by atoms with Gasteiger partial charge in [-0.15, -0.1) is 0 Å². The van der Waals surface area contributed by atoms with Gasteiger partial charge in [0.2, 0.25) is 0 Å². The van der Waals surface area contributed by atoms with E-state index in [1.807, 2.05) is 0 Å². The van der Waals surface area contributed by atoms with E-state index in [-0.39, 0.29) is 0 Å². The largest absolute Gasteiger partial charge is 0.300 e. The van der Waals surface area contributed by atoms with Crippen LogP contribution in [0, 0.1) is 0 Å². The molecule has 3 rings (SSSR count). The van der Waals surface area contributed by atoms with Gasteiger partial charge in [-0.3, -0.25) is 4.79 Å². The molecule has 1 saturated carbocycles. The number of benzene rings is 1. The van der Waals surface area contributed by atoms with Gasteiger partial charge in [0.05, 0.1) is 0 Å². The maximum atomic E-state index is 11.3. The summed E-state index contributed by atoms with van der Waals surface area (Å²) in [6.45, 7) is 2.39. The number of ketones is 1. The van der Waals surface area contributed by atoms with Gasteiger partial charge >= 0.3 is 0 Å². The van der Waals surface area contributed by atoms with E-state index in [2.05, 4.69) is 45.1 Å². The van der Waals surface area contributed by atoms with Crippen molar-refractivity contribution in [2.45, 2.75) is 50.5 Å². The van der Waals surface area contributed by atoms with Crippen molar-refractivity contribution >= 4 is 21.7 Å². The molecule has 2 fully saturated rings. The lowest BCUT2D eigenvalue weighted by Crippen LogP contribution is -2.42. The predicted molar refractivity (Wildman–Crippen MR) is 85.0 cm³/mol. The van der Waals surface area contributed by atoms with Crippen LogP contribution < -0.4 is 0 Å². The normalized spacial score (nSPS) is 23.1. The van der Waals surface area contributed by atoms with E-state index in [0.717, 1.165) is 30.2 Å². The molecule has 0 N–H and O–H groups in total. The molecule has 3 heteroatoms. The molecule has 1 heterocycles. The third-order valence-electron chi connectivity index (χ3n) is 4.90. The van der Waals surface area contributed by atoms with Crippen LogP contribution in [0.3, 0.4) is 0 Å². The number of hydrogen-bond donors (Lipinski definition) is 0. The molecule has 0 spiro atoms. The number of Topliss-reactive ketones (excluding diaryl/α,β-unsaturated/α-hetero) is 1. The summed E-state index contributed by atoms with van der Waals surface area (Å²) in [7, 11) is 0. The molecule has 1 aliphatic heterocycles. The Morgan fingerprint density at radius 3 is 2.15 bits per heavy atom. The highest BCUT2D eigenvalue weighted by atomic mass is 79.9. The van der Waals surface area contributed by atoms with Gasteiger partial charge < -0.3 is 4.90 Å². The molecule has 1 aromatic carbocycles. The Kier molecular flexibility index (Phi) is 4.57. The number of carbonyl (C=O) groups excluding carboxylic acids is 1. The zero-order chi connectivity index (χ0) is 13.9. The van der Waals surface area contributed by atoms with Crippen molar-refractivity contribution in [1.29, 1.82) is 0 Å². The van der Waals surface area contributed by atoms with Crippen molar-refractivity contribution in [3.8, 4) is 0 Å². The van der Waals surface area contributed by atoms with Gasteiger partial charge in [0.15, 0.2) is 0 Å². The molecule has 0 amide bonds. The van der Waals surface area contributed by atoms with Gasteiger partial charge in [0, 0.05) is 23.4 Å². The molecule has 0 unspecified atom stereocenters. The molecule has 2 nitrogen and oxygen atoms in total. The number of carbonyl (C=O) groups is 1. The van der Waals surface area contributed by atoms with Crippen molar-refractivity contribution in [2.24, 2.45) is 0 Å². The van der Waals surface area contributed by atoms with Crippen LogP contribution in [0.5, 0.6) is 0 Å². The van der Waals surface area contributed by atoms with E-state index >= 15 is 0 Å². The van der Waals surface area contributed by atoms with E-state index < -0.39 is 0 Å². The highest BCUT2D eigenvalue weighted by molar-refractivity contribution is 9.10. The SMILES string of the molecule is O=C1CCC(N2CCC(c3ccc(Br)cc3)CC2)CC1. The van der Waals surface area contributed by atoms with Crippen LogP contribution in [-0.4, -0.2) is 29.8 Å². The molecule has 1 aromatic rings. The standard InChI is InChI=1S/C17H22BrNO/c18-15-3-1-13(2-4-15)14-9-11-19(12-10-14)16-5-7-17(20)8-6-16/h1-4,14,16H,5-12H2. The summed E-state index contributed by atoms with van der Waals surface area (Å²) in [6.07, 6.45) is 6.29. The number of likely N-dealkylation sites (tertiary alicyclic amines) is 1. The molecular formula is C17H22BrNO. The van der Waals surface area contributed by atoms with Crippen molar-refractivity contribution in [3.63, 3.8) is 0 Å².